The lowest BCUT2D eigenvalue weighted by Gasteiger charge is -2.14. The van der Waals surface area contributed by atoms with E-state index in [4.69, 9.17) is 21.1 Å². The Hall–Kier alpha value is -0.810. The highest BCUT2D eigenvalue weighted by atomic mass is 35.5. The number of halogens is 1. The third-order valence-electron chi connectivity index (χ3n) is 2.39. The number of anilines is 1. The maximum Gasteiger partial charge on any atom is 0.0945 e. The van der Waals surface area contributed by atoms with Crippen molar-refractivity contribution in [1.82, 2.24) is 0 Å². The van der Waals surface area contributed by atoms with E-state index in [-0.39, 0.29) is 12.7 Å². The quantitative estimate of drug-likeness (QED) is 0.686. The molecule has 4 nitrogen and oxygen atoms in total. The number of para-hydroxylation sites is 1. The Morgan fingerprint density at radius 3 is 2.68 bits per heavy atom. The van der Waals surface area contributed by atoms with Crippen LogP contribution in [-0.4, -0.2) is 43.7 Å². The van der Waals surface area contributed by atoms with Gasteiger partial charge in [-0.2, -0.15) is 0 Å². The van der Waals surface area contributed by atoms with Gasteiger partial charge in [0.2, 0.25) is 0 Å². The monoisotopic (exact) mass is 287 g/mol. The predicted octanol–water partition coefficient (Wildman–Crippen LogP) is 2.55. The van der Waals surface area contributed by atoms with Crippen LogP contribution in [0.2, 0.25) is 5.02 Å². The summed E-state index contributed by atoms with van der Waals surface area (Å²) >= 11 is 5.99. The van der Waals surface area contributed by atoms with Crippen molar-refractivity contribution < 1.29 is 14.6 Å². The lowest BCUT2D eigenvalue weighted by Crippen LogP contribution is -2.26. The standard InChI is InChI=1S/C14H22ClNO3/c1-11(2)19-8-7-18-10-12(17)9-16-14-6-4-3-5-13(14)15/h3-6,11-12,16-17H,7-10H2,1-2H3. The molecule has 0 amide bonds. The second kappa shape index (κ2) is 9.15. The fourth-order valence-corrected chi connectivity index (χ4v) is 1.66. The van der Waals surface area contributed by atoms with Crippen molar-refractivity contribution in [1.29, 1.82) is 0 Å². The van der Waals surface area contributed by atoms with Crippen molar-refractivity contribution in [3.05, 3.63) is 29.3 Å². The molecule has 5 heteroatoms. The van der Waals surface area contributed by atoms with Gasteiger partial charge in [-0.3, -0.25) is 0 Å². The zero-order valence-electron chi connectivity index (χ0n) is 11.4. The molecular formula is C14H22ClNO3. The average molecular weight is 288 g/mol. The van der Waals surface area contributed by atoms with Crippen LogP contribution >= 0.6 is 11.6 Å². The van der Waals surface area contributed by atoms with Crippen LogP contribution in [0.3, 0.4) is 0 Å². The largest absolute Gasteiger partial charge is 0.389 e. The molecule has 0 aliphatic carbocycles. The molecule has 0 aliphatic heterocycles. The fraction of sp³-hybridized carbons (Fsp3) is 0.571. The van der Waals surface area contributed by atoms with E-state index >= 15 is 0 Å². The van der Waals surface area contributed by atoms with Crippen LogP contribution in [0.4, 0.5) is 5.69 Å². The van der Waals surface area contributed by atoms with E-state index in [1.54, 1.807) is 6.07 Å². The average Bonchev–Trinajstić information content (AvgIpc) is 2.37. The van der Waals surface area contributed by atoms with Crippen molar-refractivity contribution in [2.24, 2.45) is 0 Å². The Morgan fingerprint density at radius 2 is 2.00 bits per heavy atom. The highest BCUT2D eigenvalue weighted by Gasteiger charge is 2.05. The van der Waals surface area contributed by atoms with E-state index < -0.39 is 6.10 Å². The topological polar surface area (TPSA) is 50.7 Å². The van der Waals surface area contributed by atoms with E-state index in [1.165, 1.54) is 0 Å². The van der Waals surface area contributed by atoms with Gasteiger partial charge >= 0.3 is 0 Å². The molecule has 0 aliphatic rings. The Labute approximate surface area is 119 Å². The zero-order chi connectivity index (χ0) is 14.1. The third kappa shape index (κ3) is 7.38. The van der Waals surface area contributed by atoms with Crippen LogP contribution in [-0.2, 0) is 9.47 Å². The number of aliphatic hydroxyl groups excluding tert-OH is 1. The summed E-state index contributed by atoms with van der Waals surface area (Å²) in [7, 11) is 0. The number of aliphatic hydroxyl groups is 1. The molecule has 1 unspecified atom stereocenters. The molecule has 0 heterocycles. The van der Waals surface area contributed by atoms with Gasteiger partial charge in [-0.1, -0.05) is 23.7 Å². The van der Waals surface area contributed by atoms with Gasteiger partial charge in [0.1, 0.15) is 0 Å². The molecule has 1 rings (SSSR count). The van der Waals surface area contributed by atoms with Crippen molar-refractivity contribution >= 4 is 17.3 Å². The first-order chi connectivity index (χ1) is 9.09. The molecule has 0 saturated carbocycles. The van der Waals surface area contributed by atoms with Gasteiger partial charge in [0.25, 0.3) is 0 Å². The van der Waals surface area contributed by atoms with Gasteiger partial charge < -0.3 is 19.9 Å². The second-order valence-corrected chi connectivity index (χ2v) is 4.92. The minimum atomic E-state index is -0.574. The van der Waals surface area contributed by atoms with Crippen LogP contribution in [0.1, 0.15) is 13.8 Å². The van der Waals surface area contributed by atoms with Crippen molar-refractivity contribution in [3.63, 3.8) is 0 Å². The first kappa shape index (κ1) is 16.2. The van der Waals surface area contributed by atoms with Crippen LogP contribution in [0.15, 0.2) is 24.3 Å². The number of benzene rings is 1. The van der Waals surface area contributed by atoms with E-state index in [2.05, 4.69) is 5.32 Å². The van der Waals surface area contributed by atoms with Crippen molar-refractivity contribution in [2.75, 3.05) is 31.7 Å². The maximum atomic E-state index is 9.74. The molecule has 0 fully saturated rings. The Balaban J connectivity index is 2.11. The van der Waals surface area contributed by atoms with Crippen LogP contribution in [0, 0.1) is 0 Å². The van der Waals surface area contributed by atoms with Gasteiger partial charge in [0, 0.05) is 6.54 Å². The molecule has 2 N–H and O–H groups in total. The van der Waals surface area contributed by atoms with E-state index in [9.17, 15) is 5.11 Å². The zero-order valence-corrected chi connectivity index (χ0v) is 12.2. The Morgan fingerprint density at radius 1 is 1.26 bits per heavy atom. The molecule has 1 aromatic rings. The summed E-state index contributed by atoms with van der Waals surface area (Å²) in [6.45, 7) is 5.65. The predicted molar refractivity (Wildman–Crippen MR) is 77.9 cm³/mol. The van der Waals surface area contributed by atoms with Gasteiger partial charge in [0.05, 0.1) is 42.7 Å². The van der Waals surface area contributed by atoms with Gasteiger partial charge in [0.15, 0.2) is 0 Å². The maximum absolute atomic E-state index is 9.74. The molecule has 1 atom stereocenters. The Bertz CT molecular complexity index is 360. The lowest BCUT2D eigenvalue weighted by atomic mass is 10.3. The number of hydrogen-bond donors (Lipinski definition) is 2. The molecule has 0 aromatic heterocycles. The molecule has 1 aromatic carbocycles. The first-order valence-corrected chi connectivity index (χ1v) is 6.83. The lowest BCUT2D eigenvalue weighted by molar-refractivity contribution is -0.00734. The van der Waals surface area contributed by atoms with E-state index in [0.717, 1.165) is 5.69 Å². The Kier molecular flexibility index (Phi) is 7.82. The summed E-state index contributed by atoms with van der Waals surface area (Å²) in [5.74, 6) is 0. The molecule has 108 valence electrons. The second-order valence-electron chi connectivity index (χ2n) is 4.51. The highest BCUT2D eigenvalue weighted by Crippen LogP contribution is 2.20. The van der Waals surface area contributed by atoms with Crippen molar-refractivity contribution in [3.8, 4) is 0 Å². The highest BCUT2D eigenvalue weighted by molar-refractivity contribution is 6.33. The molecular weight excluding hydrogens is 266 g/mol. The molecule has 0 spiro atoms. The van der Waals surface area contributed by atoms with Crippen LogP contribution < -0.4 is 5.32 Å². The summed E-state index contributed by atoms with van der Waals surface area (Å²) in [6.07, 6.45) is -0.370. The fourth-order valence-electron chi connectivity index (χ4n) is 1.45. The molecule has 0 saturated heterocycles. The summed E-state index contributed by atoms with van der Waals surface area (Å²) in [5.41, 5.74) is 0.811. The van der Waals surface area contributed by atoms with E-state index in [1.807, 2.05) is 32.0 Å². The number of hydrogen-bond acceptors (Lipinski definition) is 4. The molecule has 0 bridgehead atoms. The summed E-state index contributed by atoms with van der Waals surface area (Å²) in [5, 5.41) is 13.5. The normalized spacial score (nSPS) is 12.7. The summed E-state index contributed by atoms with van der Waals surface area (Å²) in [6, 6.07) is 7.42. The van der Waals surface area contributed by atoms with Crippen molar-refractivity contribution in [2.45, 2.75) is 26.1 Å². The van der Waals surface area contributed by atoms with E-state index in [0.29, 0.717) is 24.8 Å². The van der Waals surface area contributed by atoms with Gasteiger partial charge in [-0.25, -0.2) is 0 Å². The SMILES string of the molecule is CC(C)OCCOCC(O)CNc1ccccc1Cl. The summed E-state index contributed by atoms with van der Waals surface area (Å²) < 4.78 is 10.6. The van der Waals surface area contributed by atoms with Gasteiger partial charge in [-0.15, -0.1) is 0 Å². The van der Waals surface area contributed by atoms with Crippen LogP contribution in [0.5, 0.6) is 0 Å². The first-order valence-electron chi connectivity index (χ1n) is 6.45. The minimum absolute atomic E-state index is 0.204. The molecule has 0 radical (unpaired) electrons. The number of rotatable bonds is 9. The minimum Gasteiger partial charge on any atom is -0.389 e. The van der Waals surface area contributed by atoms with Crippen LogP contribution in [0.25, 0.3) is 0 Å². The van der Waals surface area contributed by atoms with Gasteiger partial charge in [-0.05, 0) is 26.0 Å². The number of ether oxygens (including phenoxy) is 2. The summed E-state index contributed by atoms with van der Waals surface area (Å²) in [4.78, 5) is 0. The third-order valence-corrected chi connectivity index (χ3v) is 2.72. The smallest absolute Gasteiger partial charge is 0.0945 e. The number of nitrogens with one attached hydrogen (secondary N) is 1. The molecule has 19 heavy (non-hydrogen) atoms.